The van der Waals surface area contributed by atoms with Gasteiger partial charge in [0.2, 0.25) is 5.91 Å². The van der Waals surface area contributed by atoms with E-state index >= 15 is 0 Å². The number of anilines is 1. The minimum absolute atomic E-state index is 0.0370. The highest BCUT2D eigenvalue weighted by Crippen LogP contribution is 2.35. The van der Waals surface area contributed by atoms with Crippen LogP contribution in [0.3, 0.4) is 0 Å². The van der Waals surface area contributed by atoms with Gasteiger partial charge in [-0.05, 0) is 44.2 Å². The second-order valence-electron chi connectivity index (χ2n) is 8.27. The maximum Gasteiger partial charge on any atom is 0.325 e. The molecule has 30 heavy (non-hydrogen) atoms. The number of nitrogens with zero attached hydrogens (tertiary/aromatic N) is 1. The zero-order valence-electron chi connectivity index (χ0n) is 17.2. The zero-order valence-corrected chi connectivity index (χ0v) is 17.2. The molecule has 3 fully saturated rings. The average Bonchev–Trinajstić information content (AvgIpc) is 3.31. The molecule has 1 aliphatic carbocycles. The van der Waals surface area contributed by atoms with Crippen molar-refractivity contribution in [3.05, 3.63) is 24.3 Å². The summed E-state index contributed by atoms with van der Waals surface area (Å²) in [6.45, 7) is 1.27. The Morgan fingerprint density at radius 1 is 1.20 bits per heavy atom. The lowest BCUT2D eigenvalue weighted by Crippen LogP contribution is -2.44. The SMILES string of the molecule is O=C(CCN1C(=O)NC2(CCCC2)C1=O)Nc1ccccc1OC[C@@H]1CCCCO1. The van der Waals surface area contributed by atoms with Gasteiger partial charge in [0, 0.05) is 19.6 Å². The molecule has 8 nitrogen and oxygen atoms in total. The molecule has 0 bridgehead atoms. The largest absolute Gasteiger partial charge is 0.489 e. The van der Waals surface area contributed by atoms with E-state index in [0.717, 1.165) is 38.7 Å². The van der Waals surface area contributed by atoms with Gasteiger partial charge in [0.15, 0.2) is 0 Å². The molecule has 0 unspecified atom stereocenters. The molecule has 162 valence electrons. The van der Waals surface area contributed by atoms with Crippen molar-refractivity contribution in [3.63, 3.8) is 0 Å². The third kappa shape index (κ3) is 4.43. The van der Waals surface area contributed by atoms with E-state index in [4.69, 9.17) is 9.47 Å². The van der Waals surface area contributed by atoms with E-state index < -0.39 is 11.6 Å². The van der Waals surface area contributed by atoms with Gasteiger partial charge in [-0.1, -0.05) is 25.0 Å². The summed E-state index contributed by atoms with van der Waals surface area (Å²) in [6.07, 6.45) is 6.53. The van der Waals surface area contributed by atoms with E-state index in [1.54, 1.807) is 12.1 Å². The number of nitrogens with one attached hydrogen (secondary N) is 2. The molecule has 3 aliphatic rings. The number of carbonyl (C=O) groups is 3. The van der Waals surface area contributed by atoms with E-state index in [1.165, 1.54) is 4.90 Å². The predicted molar refractivity (Wildman–Crippen MR) is 110 cm³/mol. The first-order valence-corrected chi connectivity index (χ1v) is 10.8. The molecule has 1 atom stereocenters. The summed E-state index contributed by atoms with van der Waals surface area (Å²) >= 11 is 0. The molecule has 2 N–H and O–H groups in total. The van der Waals surface area contributed by atoms with Gasteiger partial charge < -0.3 is 20.1 Å². The van der Waals surface area contributed by atoms with Crippen molar-refractivity contribution in [2.75, 3.05) is 25.1 Å². The minimum atomic E-state index is -0.741. The van der Waals surface area contributed by atoms with Crippen LogP contribution in [0.1, 0.15) is 51.4 Å². The fourth-order valence-electron chi connectivity index (χ4n) is 4.44. The second kappa shape index (κ2) is 9.04. The van der Waals surface area contributed by atoms with Gasteiger partial charge in [-0.25, -0.2) is 4.79 Å². The lowest BCUT2D eigenvalue weighted by molar-refractivity contribution is -0.131. The van der Waals surface area contributed by atoms with Crippen LogP contribution in [-0.2, 0) is 14.3 Å². The van der Waals surface area contributed by atoms with Crippen molar-refractivity contribution in [1.82, 2.24) is 10.2 Å². The lowest BCUT2D eigenvalue weighted by Gasteiger charge is -2.23. The molecular formula is C22H29N3O5. The van der Waals surface area contributed by atoms with Crippen LogP contribution in [0.15, 0.2) is 24.3 Å². The van der Waals surface area contributed by atoms with Crippen LogP contribution in [0.4, 0.5) is 10.5 Å². The van der Waals surface area contributed by atoms with Gasteiger partial charge in [0.25, 0.3) is 5.91 Å². The summed E-state index contributed by atoms with van der Waals surface area (Å²) in [5.74, 6) is 0.113. The second-order valence-corrected chi connectivity index (χ2v) is 8.27. The highest BCUT2D eigenvalue weighted by molar-refractivity contribution is 6.07. The summed E-state index contributed by atoms with van der Waals surface area (Å²) in [6, 6.07) is 6.85. The average molecular weight is 415 g/mol. The quantitative estimate of drug-likeness (QED) is 0.668. The van der Waals surface area contributed by atoms with Gasteiger partial charge in [0.05, 0.1) is 11.8 Å². The van der Waals surface area contributed by atoms with E-state index in [-0.39, 0.29) is 30.9 Å². The van der Waals surface area contributed by atoms with Crippen LogP contribution >= 0.6 is 0 Å². The Bertz CT molecular complexity index is 800. The van der Waals surface area contributed by atoms with Crippen molar-refractivity contribution < 1.29 is 23.9 Å². The molecule has 8 heteroatoms. The predicted octanol–water partition coefficient (Wildman–Crippen LogP) is 2.83. The molecule has 0 aromatic heterocycles. The van der Waals surface area contributed by atoms with Crippen LogP contribution in [0.5, 0.6) is 5.75 Å². The molecule has 1 aromatic rings. The van der Waals surface area contributed by atoms with Crippen molar-refractivity contribution in [2.24, 2.45) is 0 Å². The van der Waals surface area contributed by atoms with Crippen molar-refractivity contribution in [3.8, 4) is 5.75 Å². The number of hydrogen-bond donors (Lipinski definition) is 2. The molecule has 2 saturated heterocycles. The van der Waals surface area contributed by atoms with E-state index in [9.17, 15) is 14.4 Å². The number of carbonyl (C=O) groups excluding carboxylic acids is 3. The van der Waals surface area contributed by atoms with Gasteiger partial charge >= 0.3 is 6.03 Å². The Morgan fingerprint density at radius 2 is 2.00 bits per heavy atom. The third-order valence-electron chi connectivity index (χ3n) is 6.13. The molecular weight excluding hydrogens is 386 g/mol. The normalized spacial score (nSPS) is 22.9. The Morgan fingerprint density at radius 3 is 2.77 bits per heavy atom. The van der Waals surface area contributed by atoms with Gasteiger partial charge in [-0.2, -0.15) is 0 Å². The van der Waals surface area contributed by atoms with Crippen LogP contribution < -0.4 is 15.4 Å². The fraction of sp³-hybridized carbons (Fsp3) is 0.591. The number of benzene rings is 1. The summed E-state index contributed by atoms with van der Waals surface area (Å²) in [5.41, 5.74) is -0.169. The number of hydrogen-bond acceptors (Lipinski definition) is 5. The minimum Gasteiger partial charge on any atom is -0.489 e. The fourth-order valence-corrected chi connectivity index (χ4v) is 4.44. The number of amides is 4. The van der Waals surface area contributed by atoms with E-state index in [1.807, 2.05) is 12.1 Å². The number of para-hydroxylation sites is 2. The van der Waals surface area contributed by atoms with Crippen molar-refractivity contribution in [2.45, 2.75) is 63.0 Å². The molecule has 1 aromatic carbocycles. The summed E-state index contributed by atoms with van der Waals surface area (Å²) in [4.78, 5) is 38.6. The summed E-state index contributed by atoms with van der Waals surface area (Å²) < 4.78 is 11.6. The van der Waals surface area contributed by atoms with Gasteiger partial charge in [-0.15, -0.1) is 0 Å². The number of ether oxygens (including phenoxy) is 2. The van der Waals surface area contributed by atoms with Crippen molar-refractivity contribution >= 4 is 23.5 Å². The maximum absolute atomic E-state index is 12.7. The molecule has 4 amide bonds. The maximum atomic E-state index is 12.7. The number of urea groups is 1. The molecule has 1 saturated carbocycles. The molecule has 4 rings (SSSR count). The molecule has 2 aliphatic heterocycles. The Labute approximate surface area is 176 Å². The molecule has 1 spiro atoms. The van der Waals surface area contributed by atoms with Crippen LogP contribution in [-0.4, -0.2) is 54.1 Å². The number of imide groups is 1. The van der Waals surface area contributed by atoms with Crippen LogP contribution in [0.2, 0.25) is 0 Å². The van der Waals surface area contributed by atoms with E-state index in [2.05, 4.69) is 10.6 Å². The third-order valence-corrected chi connectivity index (χ3v) is 6.13. The monoisotopic (exact) mass is 415 g/mol. The van der Waals surface area contributed by atoms with Crippen LogP contribution in [0.25, 0.3) is 0 Å². The Balaban J connectivity index is 1.30. The van der Waals surface area contributed by atoms with E-state index in [0.29, 0.717) is 30.9 Å². The zero-order chi connectivity index (χ0) is 21.0. The van der Waals surface area contributed by atoms with Crippen molar-refractivity contribution in [1.29, 1.82) is 0 Å². The molecule has 0 radical (unpaired) electrons. The number of rotatable bonds is 7. The molecule has 2 heterocycles. The first-order chi connectivity index (χ1) is 14.6. The van der Waals surface area contributed by atoms with Gasteiger partial charge in [-0.3, -0.25) is 14.5 Å². The Hall–Kier alpha value is -2.61. The standard InChI is InChI=1S/C22H29N3O5/c26-19(10-13-25-20(27)22(24-21(25)28)11-4-5-12-22)23-17-8-1-2-9-18(17)30-15-16-7-3-6-14-29-16/h1-2,8-9,16H,3-7,10-15H2,(H,23,26)(H,24,28)/t16-/m0/s1. The topological polar surface area (TPSA) is 97.0 Å². The highest BCUT2D eigenvalue weighted by atomic mass is 16.5. The smallest absolute Gasteiger partial charge is 0.325 e. The summed E-state index contributed by atoms with van der Waals surface area (Å²) in [5, 5.41) is 5.67. The first kappa shape index (κ1) is 20.7. The highest BCUT2D eigenvalue weighted by Gasteiger charge is 2.52. The lowest BCUT2D eigenvalue weighted by atomic mass is 9.98. The van der Waals surface area contributed by atoms with Crippen LogP contribution in [0, 0.1) is 0 Å². The first-order valence-electron chi connectivity index (χ1n) is 10.8. The van der Waals surface area contributed by atoms with Gasteiger partial charge in [0.1, 0.15) is 17.9 Å². The Kier molecular flexibility index (Phi) is 6.22. The summed E-state index contributed by atoms with van der Waals surface area (Å²) in [7, 11) is 0.